The Morgan fingerprint density at radius 2 is 1.88 bits per heavy atom. The largest absolute Gasteiger partial charge is 0.319 e. The average Bonchev–Trinajstić information content (AvgIpc) is 3.33. The molecule has 1 fully saturated rings. The Morgan fingerprint density at radius 1 is 1.08 bits per heavy atom. The summed E-state index contributed by atoms with van der Waals surface area (Å²) in [6.07, 6.45) is 7.40. The maximum Gasteiger partial charge on any atom is 0.265 e. The minimum absolute atomic E-state index is 0.0764. The predicted molar refractivity (Wildman–Crippen MR) is 105 cm³/mol. The van der Waals surface area contributed by atoms with Gasteiger partial charge in [-0.15, -0.1) is 11.3 Å². The molecule has 5 nitrogen and oxygen atoms in total. The third-order valence-corrected chi connectivity index (χ3v) is 5.64. The Kier molecular flexibility index (Phi) is 5.13. The van der Waals surface area contributed by atoms with Crippen molar-refractivity contribution in [3.8, 4) is 5.69 Å². The van der Waals surface area contributed by atoms with Crippen LogP contribution in [-0.2, 0) is 6.54 Å². The summed E-state index contributed by atoms with van der Waals surface area (Å²) in [5.41, 5.74) is 1.66. The monoisotopic (exact) mass is 366 g/mol. The molecule has 3 aromatic rings. The van der Waals surface area contributed by atoms with E-state index in [1.807, 2.05) is 42.6 Å². The van der Waals surface area contributed by atoms with Gasteiger partial charge in [-0.25, -0.2) is 4.68 Å². The number of rotatable bonds is 5. The zero-order valence-corrected chi connectivity index (χ0v) is 15.4. The van der Waals surface area contributed by atoms with Gasteiger partial charge in [0.2, 0.25) is 0 Å². The van der Waals surface area contributed by atoms with Crippen molar-refractivity contribution in [1.29, 1.82) is 0 Å². The molecular formula is C20H22N4OS. The van der Waals surface area contributed by atoms with E-state index >= 15 is 0 Å². The molecule has 4 rings (SSSR count). The molecule has 0 aliphatic carbocycles. The fourth-order valence-corrected chi connectivity index (χ4v) is 4.17. The van der Waals surface area contributed by atoms with Crippen molar-refractivity contribution in [2.75, 3.05) is 18.4 Å². The minimum Gasteiger partial charge on any atom is -0.319 e. The summed E-state index contributed by atoms with van der Waals surface area (Å²) < 4.78 is 1.76. The molecular weight excluding hydrogens is 344 g/mol. The zero-order valence-electron chi connectivity index (χ0n) is 14.6. The van der Waals surface area contributed by atoms with Gasteiger partial charge in [-0.2, -0.15) is 5.10 Å². The van der Waals surface area contributed by atoms with Crippen LogP contribution in [0, 0.1) is 0 Å². The molecule has 0 radical (unpaired) electrons. The molecule has 1 saturated heterocycles. The molecule has 6 heteroatoms. The molecule has 1 N–H and O–H groups in total. The number of nitrogens with one attached hydrogen (secondary N) is 1. The lowest BCUT2D eigenvalue weighted by Crippen LogP contribution is -2.28. The van der Waals surface area contributed by atoms with E-state index in [1.165, 1.54) is 24.1 Å². The molecule has 1 aliphatic rings. The molecule has 26 heavy (non-hydrogen) atoms. The van der Waals surface area contributed by atoms with E-state index in [4.69, 9.17) is 0 Å². The number of para-hydroxylation sites is 1. The van der Waals surface area contributed by atoms with Gasteiger partial charge in [-0.05, 0) is 50.2 Å². The molecule has 1 amide bonds. The smallest absolute Gasteiger partial charge is 0.265 e. The van der Waals surface area contributed by atoms with E-state index in [0.717, 1.165) is 30.2 Å². The molecule has 2 aromatic heterocycles. The van der Waals surface area contributed by atoms with Gasteiger partial charge >= 0.3 is 0 Å². The Bertz CT molecular complexity index is 865. The molecule has 134 valence electrons. The van der Waals surface area contributed by atoms with Crippen LogP contribution < -0.4 is 5.32 Å². The number of benzene rings is 1. The van der Waals surface area contributed by atoms with Crippen LogP contribution in [0.5, 0.6) is 0 Å². The quantitative estimate of drug-likeness (QED) is 0.737. The lowest BCUT2D eigenvalue weighted by atomic mass is 10.1. The number of piperidine rings is 1. The number of thiophene rings is 1. The maximum atomic E-state index is 12.5. The standard InChI is InChI=1S/C20H22N4OS/c25-20(19-10-9-18(26-19)15-23-11-5-2-6-12-23)22-16-13-21-24(14-16)17-7-3-1-4-8-17/h1,3-4,7-10,13-14H,2,5-6,11-12,15H2,(H,22,25). The van der Waals surface area contributed by atoms with Crippen LogP contribution in [0.3, 0.4) is 0 Å². The third kappa shape index (κ3) is 4.03. The SMILES string of the molecule is O=C(Nc1cnn(-c2ccccc2)c1)c1ccc(CN2CCCCC2)s1. The van der Waals surface area contributed by atoms with Gasteiger partial charge in [0.05, 0.1) is 28.6 Å². The van der Waals surface area contributed by atoms with E-state index in [1.54, 1.807) is 22.2 Å². The van der Waals surface area contributed by atoms with Gasteiger partial charge in [0, 0.05) is 11.4 Å². The number of hydrogen-bond acceptors (Lipinski definition) is 4. The second-order valence-electron chi connectivity index (χ2n) is 6.57. The molecule has 0 saturated carbocycles. The van der Waals surface area contributed by atoms with Gasteiger partial charge in [0.15, 0.2) is 0 Å². The Morgan fingerprint density at radius 3 is 2.69 bits per heavy atom. The molecule has 0 spiro atoms. The summed E-state index contributed by atoms with van der Waals surface area (Å²) in [6.45, 7) is 3.28. The molecule has 0 unspecified atom stereocenters. The first-order valence-corrected chi connectivity index (χ1v) is 9.82. The Hall–Kier alpha value is -2.44. The number of aromatic nitrogens is 2. The van der Waals surface area contributed by atoms with E-state index < -0.39 is 0 Å². The molecule has 1 aliphatic heterocycles. The highest BCUT2D eigenvalue weighted by molar-refractivity contribution is 7.14. The van der Waals surface area contributed by atoms with Gasteiger partial charge in [-0.3, -0.25) is 9.69 Å². The first-order valence-electron chi connectivity index (χ1n) is 9.00. The molecule has 1 aromatic carbocycles. The normalized spacial score (nSPS) is 15.1. The van der Waals surface area contributed by atoms with Gasteiger partial charge in [0.25, 0.3) is 5.91 Å². The predicted octanol–water partition coefficient (Wildman–Crippen LogP) is 4.17. The van der Waals surface area contributed by atoms with Crippen molar-refractivity contribution in [2.24, 2.45) is 0 Å². The van der Waals surface area contributed by atoms with Crippen LogP contribution in [-0.4, -0.2) is 33.7 Å². The summed E-state index contributed by atoms with van der Waals surface area (Å²) in [4.78, 5) is 17.0. The second kappa shape index (κ2) is 7.85. The van der Waals surface area contributed by atoms with Crippen LogP contribution in [0.1, 0.15) is 33.8 Å². The molecule has 3 heterocycles. The van der Waals surface area contributed by atoms with Crippen LogP contribution in [0.2, 0.25) is 0 Å². The van der Waals surface area contributed by atoms with Crippen LogP contribution >= 0.6 is 11.3 Å². The van der Waals surface area contributed by atoms with E-state index in [0.29, 0.717) is 5.69 Å². The summed E-state index contributed by atoms with van der Waals surface area (Å²) in [5.74, 6) is -0.0764. The van der Waals surface area contributed by atoms with E-state index in [2.05, 4.69) is 21.4 Å². The highest BCUT2D eigenvalue weighted by atomic mass is 32.1. The summed E-state index contributed by atoms with van der Waals surface area (Å²) in [6, 6.07) is 13.8. The number of hydrogen-bond donors (Lipinski definition) is 1. The van der Waals surface area contributed by atoms with Crippen molar-refractivity contribution in [1.82, 2.24) is 14.7 Å². The fraction of sp³-hybridized carbons (Fsp3) is 0.300. The van der Waals surface area contributed by atoms with Crippen molar-refractivity contribution in [2.45, 2.75) is 25.8 Å². The van der Waals surface area contributed by atoms with E-state index in [9.17, 15) is 4.79 Å². The highest BCUT2D eigenvalue weighted by Gasteiger charge is 2.14. The number of nitrogens with zero attached hydrogens (tertiary/aromatic N) is 3. The summed E-state index contributed by atoms with van der Waals surface area (Å²) in [5, 5.41) is 7.25. The number of amides is 1. The van der Waals surface area contributed by atoms with Crippen molar-refractivity contribution < 1.29 is 4.79 Å². The van der Waals surface area contributed by atoms with Crippen molar-refractivity contribution in [3.63, 3.8) is 0 Å². The van der Waals surface area contributed by atoms with Gasteiger partial charge in [-0.1, -0.05) is 24.6 Å². The third-order valence-electron chi connectivity index (χ3n) is 4.57. The van der Waals surface area contributed by atoms with Crippen LogP contribution in [0.15, 0.2) is 54.9 Å². The minimum atomic E-state index is -0.0764. The number of likely N-dealkylation sites (tertiary alicyclic amines) is 1. The second-order valence-corrected chi connectivity index (χ2v) is 7.73. The Labute approximate surface area is 157 Å². The van der Waals surface area contributed by atoms with Gasteiger partial charge < -0.3 is 5.32 Å². The first-order chi connectivity index (χ1) is 12.8. The molecule has 0 atom stereocenters. The van der Waals surface area contributed by atoms with Crippen LogP contribution in [0.25, 0.3) is 5.69 Å². The highest BCUT2D eigenvalue weighted by Crippen LogP contribution is 2.22. The Balaban J connectivity index is 1.38. The topological polar surface area (TPSA) is 50.2 Å². The number of carbonyl (C=O) groups is 1. The zero-order chi connectivity index (χ0) is 17.8. The lowest BCUT2D eigenvalue weighted by Gasteiger charge is -2.25. The van der Waals surface area contributed by atoms with E-state index in [-0.39, 0.29) is 5.91 Å². The fourth-order valence-electron chi connectivity index (χ4n) is 3.22. The number of anilines is 1. The number of carbonyl (C=O) groups excluding carboxylic acids is 1. The van der Waals surface area contributed by atoms with Crippen LogP contribution in [0.4, 0.5) is 5.69 Å². The molecule has 0 bridgehead atoms. The average molecular weight is 366 g/mol. The van der Waals surface area contributed by atoms with Crippen molar-refractivity contribution >= 4 is 22.9 Å². The van der Waals surface area contributed by atoms with Gasteiger partial charge in [0.1, 0.15) is 0 Å². The first kappa shape index (κ1) is 17.0. The summed E-state index contributed by atoms with van der Waals surface area (Å²) in [7, 11) is 0. The van der Waals surface area contributed by atoms with Crippen molar-refractivity contribution in [3.05, 3.63) is 64.6 Å². The summed E-state index contributed by atoms with van der Waals surface area (Å²) >= 11 is 1.58. The lowest BCUT2D eigenvalue weighted by molar-refractivity contribution is 0.103. The maximum absolute atomic E-state index is 12.5.